The fourth-order valence-electron chi connectivity index (χ4n) is 2.22. The summed E-state index contributed by atoms with van der Waals surface area (Å²) in [6.07, 6.45) is 1.22. The number of carbonyl (C=O) groups is 1. The largest absolute Gasteiger partial charge is 0.381 e. The van der Waals surface area contributed by atoms with Gasteiger partial charge in [-0.1, -0.05) is 0 Å². The van der Waals surface area contributed by atoms with Crippen LogP contribution in [0.15, 0.2) is 15.9 Å². The topological polar surface area (TPSA) is 55.6 Å². The Kier molecular flexibility index (Phi) is 5.00. The quantitative estimate of drug-likeness (QED) is 0.910. The predicted molar refractivity (Wildman–Crippen MR) is 80.1 cm³/mol. The molecular formula is C13H19BrN2O2S. The van der Waals surface area contributed by atoms with Crippen LogP contribution in [0.5, 0.6) is 0 Å². The molecule has 2 N–H and O–H groups in total. The van der Waals surface area contributed by atoms with E-state index >= 15 is 0 Å². The van der Waals surface area contributed by atoms with Crippen molar-refractivity contribution < 1.29 is 9.53 Å². The Hall–Kier alpha value is -0.430. The molecule has 0 bridgehead atoms. The van der Waals surface area contributed by atoms with Crippen molar-refractivity contribution in [1.29, 1.82) is 0 Å². The van der Waals surface area contributed by atoms with Crippen LogP contribution in [0.1, 0.15) is 24.6 Å². The van der Waals surface area contributed by atoms with E-state index in [0.29, 0.717) is 39.1 Å². The molecule has 1 aromatic heterocycles. The van der Waals surface area contributed by atoms with Crippen molar-refractivity contribution in [2.24, 2.45) is 5.73 Å². The van der Waals surface area contributed by atoms with Gasteiger partial charge in [0.2, 0.25) is 5.91 Å². The van der Waals surface area contributed by atoms with Gasteiger partial charge in [-0.2, -0.15) is 0 Å². The van der Waals surface area contributed by atoms with Crippen LogP contribution in [0, 0.1) is 0 Å². The summed E-state index contributed by atoms with van der Waals surface area (Å²) in [6.45, 7) is 4.44. The molecular weight excluding hydrogens is 328 g/mol. The van der Waals surface area contributed by atoms with Crippen molar-refractivity contribution in [1.82, 2.24) is 4.90 Å². The second kappa shape index (κ2) is 6.35. The lowest BCUT2D eigenvalue weighted by molar-refractivity contribution is -0.141. The number of halogens is 1. The van der Waals surface area contributed by atoms with Gasteiger partial charge in [0.15, 0.2) is 0 Å². The first-order valence-corrected chi connectivity index (χ1v) is 8.06. The molecule has 106 valence electrons. The summed E-state index contributed by atoms with van der Waals surface area (Å²) >= 11 is 5.09. The SMILES string of the molecule is CCN(Cc1ccc(Br)s1)C(=O)C1(N)CCOCC1. The molecule has 1 aromatic rings. The first kappa shape index (κ1) is 15.0. The van der Waals surface area contributed by atoms with E-state index in [2.05, 4.69) is 15.9 Å². The van der Waals surface area contributed by atoms with Crippen molar-refractivity contribution in [2.45, 2.75) is 31.8 Å². The lowest BCUT2D eigenvalue weighted by Gasteiger charge is -2.36. The zero-order valence-corrected chi connectivity index (χ0v) is 13.4. The number of carbonyl (C=O) groups excluding carboxylic acids is 1. The molecule has 0 radical (unpaired) electrons. The van der Waals surface area contributed by atoms with E-state index in [4.69, 9.17) is 10.5 Å². The molecule has 1 amide bonds. The summed E-state index contributed by atoms with van der Waals surface area (Å²) in [6, 6.07) is 4.04. The molecule has 19 heavy (non-hydrogen) atoms. The first-order valence-electron chi connectivity index (χ1n) is 6.45. The summed E-state index contributed by atoms with van der Waals surface area (Å²) in [4.78, 5) is 15.6. The predicted octanol–water partition coefficient (Wildman–Crippen LogP) is 2.37. The number of rotatable bonds is 4. The van der Waals surface area contributed by atoms with E-state index in [1.165, 1.54) is 0 Å². The minimum atomic E-state index is -0.747. The highest BCUT2D eigenvalue weighted by molar-refractivity contribution is 9.11. The van der Waals surface area contributed by atoms with Crippen LogP contribution in [0.25, 0.3) is 0 Å². The Morgan fingerprint density at radius 3 is 2.74 bits per heavy atom. The van der Waals surface area contributed by atoms with Crippen LogP contribution in [-0.4, -0.2) is 36.1 Å². The fraction of sp³-hybridized carbons (Fsp3) is 0.615. The standard InChI is InChI=1S/C13H19BrN2O2S/c1-2-16(9-10-3-4-11(14)19-10)12(17)13(15)5-7-18-8-6-13/h3-4H,2,5-9,15H2,1H3. The van der Waals surface area contributed by atoms with Crippen LogP contribution in [0.2, 0.25) is 0 Å². The molecule has 0 spiro atoms. The molecule has 0 atom stereocenters. The van der Waals surface area contributed by atoms with Gasteiger partial charge in [-0.15, -0.1) is 11.3 Å². The molecule has 4 nitrogen and oxygen atoms in total. The lowest BCUT2D eigenvalue weighted by Crippen LogP contribution is -2.57. The Labute approximate surface area is 126 Å². The zero-order valence-electron chi connectivity index (χ0n) is 11.0. The van der Waals surface area contributed by atoms with Crippen LogP contribution >= 0.6 is 27.3 Å². The first-order chi connectivity index (χ1) is 9.05. The third kappa shape index (κ3) is 3.56. The summed E-state index contributed by atoms with van der Waals surface area (Å²) < 4.78 is 6.38. The van der Waals surface area contributed by atoms with Crippen molar-refractivity contribution in [3.63, 3.8) is 0 Å². The number of nitrogens with two attached hydrogens (primary N) is 1. The third-order valence-corrected chi connectivity index (χ3v) is 5.06. The molecule has 0 saturated carbocycles. The molecule has 1 aliphatic heterocycles. The molecule has 0 unspecified atom stereocenters. The van der Waals surface area contributed by atoms with E-state index in [1.807, 2.05) is 24.0 Å². The molecule has 1 fully saturated rings. The summed E-state index contributed by atoms with van der Waals surface area (Å²) in [7, 11) is 0. The minimum Gasteiger partial charge on any atom is -0.381 e. The van der Waals surface area contributed by atoms with Gasteiger partial charge in [-0.05, 0) is 47.8 Å². The maximum atomic E-state index is 12.6. The van der Waals surface area contributed by atoms with Gasteiger partial charge < -0.3 is 15.4 Å². The number of likely N-dealkylation sites (N-methyl/N-ethyl adjacent to an activating group) is 1. The fourth-order valence-corrected chi connectivity index (χ4v) is 3.72. The highest BCUT2D eigenvalue weighted by Gasteiger charge is 2.38. The second-order valence-electron chi connectivity index (χ2n) is 4.79. The molecule has 1 saturated heterocycles. The van der Waals surface area contributed by atoms with Gasteiger partial charge in [0.1, 0.15) is 0 Å². The lowest BCUT2D eigenvalue weighted by atomic mass is 9.89. The van der Waals surface area contributed by atoms with Gasteiger partial charge in [-0.3, -0.25) is 4.79 Å². The van der Waals surface area contributed by atoms with Crippen LogP contribution in [-0.2, 0) is 16.1 Å². The summed E-state index contributed by atoms with van der Waals surface area (Å²) in [5.41, 5.74) is 5.51. The Morgan fingerprint density at radius 2 is 2.21 bits per heavy atom. The number of hydrogen-bond donors (Lipinski definition) is 1. The Balaban J connectivity index is 2.06. The average Bonchev–Trinajstić information content (AvgIpc) is 2.81. The number of thiophene rings is 1. The van der Waals surface area contributed by atoms with Crippen molar-refractivity contribution in [3.05, 3.63) is 20.8 Å². The molecule has 2 heterocycles. The highest BCUT2D eigenvalue weighted by atomic mass is 79.9. The number of ether oxygens (including phenoxy) is 1. The van der Waals surface area contributed by atoms with E-state index in [0.717, 1.165) is 8.66 Å². The maximum absolute atomic E-state index is 12.6. The minimum absolute atomic E-state index is 0.0443. The number of nitrogens with zero attached hydrogens (tertiary/aromatic N) is 1. The monoisotopic (exact) mass is 346 g/mol. The average molecular weight is 347 g/mol. The van der Waals surface area contributed by atoms with Gasteiger partial charge in [-0.25, -0.2) is 0 Å². The van der Waals surface area contributed by atoms with Crippen molar-refractivity contribution in [3.8, 4) is 0 Å². The van der Waals surface area contributed by atoms with E-state index in [1.54, 1.807) is 11.3 Å². The number of amides is 1. The summed E-state index contributed by atoms with van der Waals surface area (Å²) in [5.74, 6) is 0.0443. The normalized spacial score (nSPS) is 18.3. The molecule has 6 heteroatoms. The van der Waals surface area contributed by atoms with E-state index in [-0.39, 0.29) is 5.91 Å². The van der Waals surface area contributed by atoms with Crippen LogP contribution in [0.3, 0.4) is 0 Å². The van der Waals surface area contributed by atoms with Gasteiger partial charge in [0, 0.05) is 24.6 Å². The summed E-state index contributed by atoms with van der Waals surface area (Å²) in [5, 5.41) is 0. The Bertz CT molecular complexity index is 444. The smallest absolute Gasteiger partial charge is 0.243 e. The Morgan fingerprint density at radius 1 is 1.53 bits per heavy atom. The van der Waals surface area contributed by atoms with Gasteiger partial charge >= 0.3 is 0 Å². The molecule has 2 rings (SSSR count). The van der Waals surface area contributed by atoms with Gasteiger partial charge in [0.25, 0.3) is 0 Å². The molecule has 0 aromatic carbocycles. The van der Waals surface area contributed by atoms with E-state index in [9.17, 15) is 4.79 Å². The maximum Gasteiger partial charge on any atom is 0.243 e. The molecule has 0 aliphatic carbocycles. The van der Waals surface area contributed by atoms with E-state index < -0.39 is 5.54 Å². The van der Waals surface area contributed by atoms with Crippen molar-refractivity contribution in [2.75, 3.05) is 19.8 Å². The highest BCUT2D eigenvalue weighted by Crippen LogP contribution is 2.25. The molecule has 1 aliphatic rings. The van der Waals surface area contributed by atoms with Gasteiger partial charge in [0.05, 0.1) is 15.9 Å². The third-order valence-electron chi connectivity index (χ3n) is 3.46. The second-order valence-corrected chi connectivity index (χ2v) is 7.34. The van der Waals surface area contributed by atoms with Crippen LogP contribution < -0.4 is 5.73 Å². The zero-order chi connectivity index (χ0) is 13.9. The van der Waals surface area contributed by atoms with Crippen LogP contribution in [0.4, 0.5) is 0 Å². The van der Waals surface area contributed by atoms with Crippen molar-refractivity contribution >= 4 is 33.2 Å². The number of hydrogen-bond acceptors (Lipinski definition) is 4.